The summed E-state index contributed by atoms with van der Waals surface area (Å²) >= 11 is 0. The van der Waals surface area contributed by atoms with Crippen LogP contribution >= 0.6 is 0 Å². The zero-order valence-corrected chi connectivity index (χ0v) is 17.7. The molecule has 0 atom stereocenters. The molecule has 5 nitrogen and oxygen atoms in total. The van der Waals surface area contributed by atoms with Crippen LogP contribution in [0.15, 0.2) is 42.5 Å². The first kappa shape index (κ1) is 21.1. The van der Waals surface area contributed by atoms with E-state index in [9.17, 15) is 9.59 Å². The average Bonchev–Trinajstić information content (AvgIpc) is 2.71. The second-order valence-corrected chi connectivity index (χ2v) is 8.17. The molecule has 1 saturated heterocycles. The molecule has 2 aromatic rings. The maximum atomic E-state index is 13.0. The maximum absolute atomic E-state index is 13.0. The second kappa shape index (κ2) is 9.23. The fraction of sp³-hybridized carbons (Fsp3) is 0.417. The number of amides is 1. The normalized spacial score (nSPS) is 15.6. The molecule has 1 aliphatic heterocycles. The zero-order chi connectivity index (χ0) is 20.9. The molecule has 1 aliphatic rings. The number of benzene rings is 2. The van der Waals surface area contributed by atoms with Gasteiger partial charge in [0.2, 0.25) is 0 Å². The minimum absolute atomic E-state index is 0.0495. The number of carbonyl (C=O) groups excluding carboxylic acids is 2. The lowest BCUT2D eigenvalue weighted by atomic mass is 10.0. The molecule has 0 spiro atoms. The molecule has 1 fully saturated rings. The first-order valence-corrected chi connectivity index (χ1v) is 10.3. The van der Waals surface area contributed by atoms with Crippen LogP contribution < -0.4 is 5.32 Å². The van der Waals surface area contributed by atoms with Gasteiger partial charge in [-0.3, -0.25) is 4.79 Å². The summed E-state index contributed by atoms with van der Waals surface area (Å²) in [5, 5.41) is 3.15. The van der Waals surface area contributed by atoms with Crippen LogP contribution in [0.3, 0.4) is 0 Å². The Hall–Kier alpha value is -2.66. The van der Waals surface area contributed by atoms with Gasteiger partial charge in [-0.25, -0.2) is 4.79 Å². The quantitative estimate of drug-likeness (QED) is 0.588. The number of quaternary nitrogens is 1. The Bertz CT molecular complexity index is 865. The van der Waals surface area contributed by atoms with E-state index in [0.29, 0.717) is 12.1 Å². The van der Waals surface area contributed by atoms with Gasteiger partial charge in [-0.2, -0.15) is 0 Å². The lowest BCUT2D eigenvalue weighted by Crippen LogP contribution is -2.54. The van der Waals surface area contributed by atoms with E-state index in [-0.39, 0.29) is 11.9 Å². The number of anilines is 1. The molecule has 5 heteroatoms. The summed E-state index contributed by atoms with van der Waals surface area (Å²) in [6.07, 6.45) is 3.45. The zero-order valence-electron chi connectivity index (χ0n) is 17.7. The minimum atomic E-state index is -0.329. The van der Waals surface area contributed by atoms with Gasteiger partial charge in [0.05, 0.1) is 25.8 Å². The number of hydrogen-bond acceptors (Lipinski definition) is 3. The number of nitrogens with one attached hydrogen (secondary N) is 1. The molecule has 0 aromatic heterocycles. The molecule has 1 N–H and O–H groups in total. The van der Waals surface area contributed by atoms with Crippen LogP contribution in [-0.2, 0) is 16.1 Å². The third-order valence-electron chi connectivity index (χ3n) is 5.86. The smallest absolute Gasteiger partial charge is 0.337 e. The Morgan fingerprint density at radius 3 is 2.31 bits per heavy atom. The van der Waals surface area contributed by atoms with Gasteiger partial charge in [-0.1, -0.05) is 30.3 Å². The van der Waals surface area contributed by atoms with E-state index in [0.717, 1.165) is 59.3 Å². The molecule has 29 heavy (non-hydrogen) atoms. The molecule has 0 saturated carbocycles. The van der Waals surface area contributed by atoms with E-state index in [1.807, 2.05) is 50.2 Å². The van der Waals surface area contributed by atoms with Crippen molar-refractivity contribution in [2.45, 2.75) is 39.7 Å². The Labute approximate surface area is 173 Å². The van der Waals surface area contributed by atoms with Gasteiger partial charge in [0, 0.05) is 11.3 Å². The van der Waals surface area contributed by atoms with Crippen LogP contribution in [0.5, 0.6) is 0 Å². The van der Waals surface area contributed by atoms with Crippen LogP contribution in [0, 0.1) is 13.8 Å². The van der Waals surface area contributed by atoms with Crippen molar-refractivity contribution in [2.75, 3.05) is 32.1 Å². The summed E-state index contributed by atoms with van der Waals surface area (Å²) in [7, 11) is 1.39. The summed E-state index contributed by atoms with van der Waals surface area (Å²) in [5.41, 5.74) is 4.69. The fourth-order valence-electron chi connectivity index (χ4n) is 4.35. The third kappa shape index (κ3) is 5.24. The molecule has 0 radical (unpaired) electrons. The van der Waals surface area contributed by atoms with Crippen LogP contribution in [0.1, 0.15) is 46.3 Å². The SMILES string of the molecule is COC(=O)c1cccc(C[N+]2(CC(=O)Nc3c(C)cccc3C)CCCCC2)c1. The molecule has 3 rings (SSSR count). The molecule has 2 aromatic carbocycles. The monoisotopic (exact) mass is 395 g/mol. The highest BCUT2D eigenvalue weighted by molar-refractivity contribution is 5.93. The first-order valence-electron chi connectivity index (χ1n) is 10.3. The number of ether oxygens (including phenoxy) is 1. The van der Waals surface area contributed by atoms with E-state index < -0.39 is 0 Å². The maximum Gasteiger partial charge on any atom is 0.337 e. The number of hydrogen-bond donors (Lipinski definition) is 1. The molecular formula is C24H31N2O3+. The number of likely N-dealkylation sites (tertiary alicyclic amines) is 1. The Morgan fingerprint density at radius 2 is 1.66 bits per heavy atom. The predicted octanol–water partition coefficient (Wildman–Crippen LogP) is 4.23. The summed E-state index contributed by atoms with van der Waals surface area (Å²) in [6, 6.07) is 13.6. The van der Waals surface area contributed by atoms with Crippen LogP contribution in [0.4, 0.5) is 5.69 Å². The summed E-state index contributed by atoms with van der Waals surface area (Å²) in [4.78, 5) is 24.9. The van der Waals surface area contributed by atoms with Crippen LogP contribution in [0.2, 0.25) is 0 Å². The summed E-state index contributed by atoms with van der Waals surface area (Å²) < 4.78 is 5.58. The highest BCUT2D eigenvalue weighted by Gasteiger charge is 2.33. The lowest BCUT2D eigenvalue weighted by molar-refractivity contribution is -0.937. The van der Waals surface area contributed by atoms with Gasteiger partial charge in [0.1, 0.15) is 6.54 Å². The van der Waals surface area contributed by atoms with E-state index >= 15 is 0 Å². The van der Waals surface area contributed by atoms with Gasteiger partial charge >= 0.3 is 5.97 Å². The molecule has 0 aliphatic carbocycles. The number of methoxy groups -OCH3 is 1. The third-order valence-corrected chi connectivity index (χ3v) is 5.86. The van der Waals surface area contributed by atoms with Gasteiger partial charge < -0.3 is 14.5 Å². The van der Waals surface area contributed by atoms with Crippen molar-refractivity contribution in [3.05, 3.63) is 64.7 Å². The van der Waals surface area contributed by atoms with Crippen molar-refractivity contribution in [3.63, 3.8) is 0 Å². The van der Waals surface area contributed by atoms with Gasteiger partial charge in [0.15, 0.2) is 6.54 Å². The standard InChI is InChI=1S/C24H30N2O3/c1-18-9-7-10-19(2)23(18)25-22(27)17-26(13-5-4-6-14-26)16-20-11-8-12-21(15-20)24(28)29-3/h7-12,15H,4-6,13-14,16-17H2,1-3H3/p+1. The molecular weight excluding hydrogens is 364 g/mol. The number of nitrogens with zero attached hydrogens (tertiary/aromatic N) is 1. The lowest BCUT2D eigenvalue weighted by Gasteiger charge is -2.41. The summed E-state index contributed by atoms with van der Waals surface area (Å²) in [5.74, 6) is -0.279. The van der Waals surface area contributed by atoms with Gasteiger partial charge in [-0.05, 0) is 56.4 Å². The Kier molecular flexibility index (Phi) is 6.70. The number of rotatable bonds is 6. The number of carbonyl (C=O) groups is 2. The van der Waals surface area contributed by atoms with Crippen molar-refractivity contribution in [1.29, 1.82) is 0 Å². The van der Waals surface area contributed by atoms with Crippen LogP contribution in [-0.4, -0.2) is 43.1 Å². The van der Waals surface area contributed by atoms with E-state index in [1.165, 1.54) is 13.5 Å². The molecule has 1 amide bonds. The van der Waals surface area contributed by atoms with Crippen molar-refractivity contribution >= 4 is 17.6 Å². The number of para-hydroxylation sites is 1. The molecule has 1 heterocycles. The minimum Gasteiger partial charge on any atom is -0.465 e. The Balaban J connectivity index is 1.78. The summed E-state index contributed by atoms with van der Waals surface area (Å²) in [6.45, 7) is 7.17. The van der Waals surface area contributed by atoms with Crippen molar-refractivity contribution < 1.29 is 18.8 Å². The highest BCUT2D eigenvalue weighted by Crippen LogP contribution is 2.25. The topological polar surface area (TPSA) is 55.4 Å². The van der Waals surface area contributed by atoms with E-state index in [1.54, 1.807) is 6.07 Å². The van der Waals surface area contributed by atoms with Crippen molar-refractivity contribution in [2.24, 2.45) is 0 Å². The number of piperidine rings is 1. The fourth-order valence-corrected chi connectivity index (χ4v) is 4.35. The first-order chi connectivity index (χ1) is 13.9. The van der Waals surface area contributed by atoms with E-state index in [2.05, 4.69) is 5.32 Å². The Morgan fingerprint density at radius 1 is 1.00 bits per heavy atom. The highest BCUT2D eigenvalue weighted by atomic mass is 16.5. The van der Waals surface area contributed by atoms with Crippen molar-refractivity contribution in [3.8, 4) is 0 Å². The number of esters is 1. The molecule has 0 bridgehead atoms. The second-order valence-electron chi connectivity index (χ2n) is 8.17. The van der Waals surface area contributed by atoms with Crippen molar-refractivity contribution in [1.82, 2.24) is 0 Å². The molecule has 154 valence electrons. The average molecular weight is 396 g/mol. The number of aryl methyl sites for hydroxylation is 2. The predicted molar refractivity (Wildman–Crippen MR) is 115 cm³/mol. The van der Waals surface area contributed by atoms with Gasteiger partial charge in [0.25, 0.3) is 5.91 Å². The molecule has 0 unspecified atom stereocenters. The van der Waals surface area contributed by atoms with Crippen LogP contribution in [0.25, 0.3) is 0 Å². The largest absolute Gasteiger partial charge is 0.465 e. The van der Waals surface area contributed by atoms with Gasteiger partial charge in [-0.15, -0.1) is 0 Å². The van der Waals surface area contributed by atoms with E-state index in [4.69, 9.17) is 4.74 Å².